The van der Waals surface area contributed by atoms with E-state index in [1.165, 1.54) is 12.1 Å². The number of hydrogen-bond acceptors (Lipinski definition) is 4. The lowest BCUT2D eigenvalue weighted by Crippen LogP contribution is -2.41. The van der Waals surface area contributed by atoms with Crippen LogP contribution < -0.4 is 15.4 Å². The lowest BCUT2D eigenvalue weighted by atomic mass is 10.2. The third kappa shape index (κ3) is 3.17. The van der Waals surface area contributed by atoms with Gasteiger partial charge in [0.15, 0.2) is 0 Å². The summed E-state index contributed by atoms with van der Waals surface area (Å²) in [7, 11) is -3.76. The maximum absolute atomic E-state index is 12.3. The normalized spacial score (nSPS) is 19.9. The molecule has 1 saturated heterocycles. The van der Waals surface area contributed by atoms with Crippen molar-refractivity contribution in [3.8, 4) is 0 Å². The molecule has 1 fully saturated rings. The molecular weight excluding hydrogens is 278 g/mol. The van der Waals surface area contributed by atoms with Gasteiger partial charge >= 0.3 is 0 Å². The van der Waals surface area contributed by atoms with Crippen LogP contribution in [-0.2, 0) is 14.8 Å². The van der Waals surface area contributed by atoms with Crippen LogP contribution in [0.4, 0.5) is 5.69 Å². The molecule has 6 nitrogen and oxygen atoms in total. The van der Waals surface area contributed by atoms with Gasteiger partial charge in [0.1, 0.15) is 0 Å². The van der Waals surface area contributed by atoms with E-state index in [0.717, 1.165) is 0 Å². The average Bonchev–Trinajstić information content (AvgIpc) is 2.69. The largest absolute Gasteiger partial charge is 0.311 e. The highest BCUT2D eigenvalue weighted by Crippen LogP contribution is 2.24. The molecular formula is C13H19N3O3S. The Kier molecular flexibility index (Phi) is 4.12. The number of anilines is 1. The Labute approximate surface area is 119 Å². The number of carbonyl (C=O) groups is 1. The molecule has 0 aliphatic carbocycles. The summed E-state index contributed by atoms with van der Waals surface area (Å²) in [6, 6.07) is 6.16. The van der Waals surface area contributed by atoms with Crippen molar-refractivity contribution < 1.29 is 13.2 Å². The number of primary sulfonamides is 1. The van der Waals surface area contributed by atoms with E-state index in [9.17, 15) is 13.2 Å². The number of amides is 1. The van der Waals surface area contributed by atoms with Gasteiger partial charge in [-0.1, -0.05) is 19.9 Å². The summed E-state index contributed by atoms with van der Waals surface area (Å²) in [6.45, 7) is 4.53. The molecule has 1 unspecified atom stereocenters. The van der Waals surface area contributed by atoms with Gasteiger partial charge in [-0.15, -0.1) is 0 Å². The second-order valence-corrected chi connectivity index (χ2v) is 6.76. The number of carbonyl (C=O) groups excluding carboxylic acids is 1. The summed E-state index contributed by atoms with van der Waals surface area (Å²) in [5.41, 5.74) is 0.564. The van der Waals surface area contributed by atoms with Crippen LogP contribution in [0.1, 0.15) is 20.3 Å². The van der Waals surface area contributed by atoms with E-state index in [1.54, 1.807) is 17.0 Å². The summed E-state index contributed by atoms with van der Waals surface area (Å²) in [5, 5.41) is 8.31. The minimum Gasteiger partial charge on any atom is -0.311 e. The second kappa shape index (κ2) is 5.51. The van der Waals surface area contributed by atoms with Crippen LogP contribution in [0.25, 0.3) is 0 Å². The zero-order chi connectivity index (χ0) is 14.9. The third-order valence-corrected chi connectivity index (χ3v) is 4.11. The van der Waals surface area contributed by atoms with Crippen LogP contribution in [0.2, 0.25) is 0 Å². The molecule has 1 atom stereocenters. The van der Waals surface area contributed by atoms with E-state index in [1.807, 2.05) is 13.8 Å². The molecule has 20 heavy (non-hydrogen) atoms. The molecule has 0 radical (unpaired) electrons. The standard InChI is InChI=1S/C13H19N3O3S/c1-9(2)15-12-6-7-16(13(12)17)10-4-3-5-11(8-10)20(14,18)19/h3-5,8-9,12,15H,6-7H2,1-2H3,(H2,14,18,19). The van der Waals surface area contributed by atoms with Crippen LogP contribution in [-0.4, -0.2) is 33.0 Å². The Balaban J connectivity index is 2.23. The van der Waals surface area contributed by atoms with Gasteiger partial charge in [0.05, 0.1) is 10.9 Å². The molecule has 110 valence electrons. The van der Waals surface area contributed by atoms with Gasteiger partial charge in [0.25, 0.3) is 0 Å². The highest BCUT2D eigenvalue weighted by molar-refractivity contribution is 7.89. The van der Waals surface area contributed by atoms with Gasteiger partial charge in [0.2, 0.25) is 15.9 Å². The maximum atomic E-state index is 12.3. The molecule has 1 amide bonds. The minimum absolute atomic E-state index is 0.0167. The van der Waals surface area contributed by atoms with Crippen molar-refractivity contribution in [3.05, 3.63) is 24.3 Å². The average molecular weight is 297 g/mol. The van der Waals surface area contributed by atoms with Gasteiger partial charge in [-0.2, -0.15) is 0 Å². The van der Waals surface area contributed by atoms with Crippen molar-refractivity contribution in [2.75, 3.05) is 11.4 Å². The fourth-order valence-electron chi connectivity index (χ4n) is 2.32. The molecule has 0 saturated carbocycles. The number of hydrogen-bond donors (Lipinski definition) is 2. The molecule has 7 heteroatoms. The van der Waals surface area contributed by atoms with E-state index < -0.39 is 10.0 Å². The number of nitrogens with zero attached hydrogens (tertiary/aromatic N) is 1. The van der Waals surface area contributed by atoms with Crippen LogP contribution >= 0.6 is 0 Å². The summed E-state index contributed by atoms with van der Waals surface area (Å²) in [6.07, 6.45) is 0.705. The zero-order valence-corrected chi connectivity index (χ0v) is 12.4. The van der Waals surface area contributed by atoms with E-state index in [0.29, 0.717) is 18.7 Å². The van der Waals surface area contributed by atoms with Gasteiger partial charge in [-0.05, 0) is 24.6 Å². The molecule has 1 aliphatic heterocycles. The lowest BCUT2D eigenvalue weighted by Gasteiger charge is -2.19. The smallest absolute Gasteiger partial charge is 0.244 e. The van der Waals surface area contributed by atoms with Crippen molar-refractivity contribution in [2.24, 2.45) is 5.14 Å². The van der Waals surface area contributed by atoms with Crippen molar-refractivity contribution in [1.29, 1.82) is 0 Å². The lowest BCUT2D eigenvalue weighted by molar-refractivity contribution is -0.118. The summed E-state index contributed by atoms with van der Waals surface area (Å²) in [5.74, 6) is -0.0368. The highest BCUT2D eigenvalue weighted by atomic mass is 32.2. The van der Waals surface area contributed by atoms with Gasteiger partial charge in [0, 0.05) is 18.3 Å². The Bertz CT molecular complexity index is 613. The Morgan fingerprint density at radius 3 is 2.70 bits per heavy atom. The monoisotopic (exact) mass is 297 g/mol. The van der Waals surface area contributed by atoms with Crippen LogP contribution in [0.5, 0.6) is 0 Å². The summed E-state index contributed by atoms with van der Waals surface area (Å²) >= 11 is 0. The number of nitrogens with two attached hydrogens (primary N) is 1. The first kappa shape index (κ1) is 15.0. The molecule has 2 rings (SSSR count). The number of benzene rings is 1. The van der Waals surface area contributed by atoms with Gasteiger partial charge < -0.3 is 10.2 Å². The minimum atomic E-state index is -3.76. The number of sulfonamides is 1. The Morgan fingerprint density at radius 1 is 1.40 bits per heavy atom. The van der Waals surface area contributed by atoms with E-state index in [-0.39, 0.29) is 22.9 Å². The van der Waals surface area contributed by atoms with Crippen LogP contribution in [0.3, 0.4) is 0 Å². The van der Waals surface area contributed by atoms with Crippen molar-refractivity contribution >= 4 is 21.6 Å². The topological polar surface area (TPSA) is 92.5 Å². The first-order valence-electron chi connectivity index (χ1n) is 6.49. The number of rotatable bonds is 4. The quantitative estimate of drug-likeness (QED) is 0.843. The molecule has 1 aliphatic rings. The van der Waals surface area contributed by atoms with Gasteiger partial charge in [-0.3, -0.25) is 4.79 Å². The van der Waals surface area contributed by atoms with E-state index >= 15 is 0 Å². The van der Waals surface area contributed by atoms with Crippen molar-refractivity contribution in [3.63, 3.8) is 0 Å². The first-order valence-corrected chi connectivity index (χ1v) is 8.04. The Morgan fingerprint density at radius 2 is 2.10 bits per heavy atom. The Hall–Kier alpha value is -1.44. The molecule has 0 aromatic heterocycles. The number of nitrogens with one attached hydrogen (secondary N) is 1. The van der Waals surface area contributed by atoms with Crippen molar-refractivity contribution in [2.45, 2.75) is 37.2 Å². The van der Waals surface area contributed by atoms with Gasteiger partial charge in [-0.25, -0.2) is 13.6 Å². The third-order valence-electron chi connectivity index (χ3n) is 3.20. The molecule has 1 heterocycles. The second-order valence-electron chi connectivity index (χ2n) is 5.19. The first-order chi connectivity index (χ1) is 9.29. The molecule has 1 aromatic carbocycles. The SMILES string of the molecule is CC(C)NC1CCN(c2cccc(S(N)(=O)=O)c2)C1=O. The predicted octanol–water partition coefficient (Wildman–Crippen LogP) is 0.437. The van der Waals surface area contributed by atoms with Crippen molar-refractivity contribution in [1.82, 2.24) is 5.32 Å². The molecule has 1 aromatic rings. The summed E-state index contributed by atoms with van der Waals surface area (Å²) < 4.78 is 22.7. The molecule has 3 N–H and O–H groups in total. The fraction of sp³-hybridized carbons (Fsp3) is 0.462. The highest BCUT2D eigenvalue weighted by Gasteiger charge is 2.32. The fourth-order valence-corrected chi connectivity index (χ4v) is 2.87. The maximum Gasteiger partial charge on any atom is 0.244 e. The van der Waals surface area contributed by atoms with Crippen LogP contribution in [0, 0.1) is 0 Å². The molecule has 0 bridgehead atoms. The van der Waals surface area contributed by atoms with Crippen LogP contribution in [0.15, 0.2) is 29.2 Å². The van der Waals surface area contributed by atoms with E-state index in [2.05, 4.69) is 5.32 Å². The zero-order valence-electron chi connectivity index (χ0n) is 11.5. The van der Waals surface area contributed by atoms with E-state index in [4.69, 9.17) is 5.14 Å². The predicted molar refractivity (Wildman–Crippen MR) is 76.8 cm³/mol. The summed E-state index contributed by atoms with van der Waals surface area (Å²) in [4.78, 5) is 13.9. The molecule has 0 spiro atoms.